The molecule has 4 rings (SSSR count). The number of hydrogen-bond donors (Lipinski definition) is 0. The second kappa shape index (κ2) is 13.5. The van der Waals surface area contributed by atoms with Gasteiger partial charge in [0.05, 0.1) is 34.0 Å². The van der Waals surface area contributed by atoms with Crippen LogP contribution in [0.1, 0.15) is 31.9 Å². The Morgan fingerprint density at radius 3 is 1.83 bits per heavy atom. The Hall–Kier alpha value is -2.08. The highest BCUT2D eigenvalue weighted by Gasteiger charge is 2.52. The molecule has 0 aliphatic carbocycles. The highest BCUT2D eigenvalue weighted by atomic mass is 32.2. The van der Waals surface area contributed by atoms with Crippen LogP contribution in [0.15, 0.2) is 53.5 Å². The van der Waals surface area contributed by atoms with Crippen LogP contribution in [0.5, 0.6) is 11.5 Å². The Morgan fingerprint density at radius 2 is 1.37 bits per heavy atom. The lowest BCUT2D eigenvalue weighted by Crippen LogP contribution is -2.59. The fourth-order valence-electron chi connectivity index (χ4n) is 4.47. The molecule has 10 heteroatoms. The van der Waals surface area contributed by atoms with Gasteiger partial charge >= 0.3 is 0 Å². The van der Waals surface area contributed by atoms with Crippen molar-refractivity contribution < 1.29 is 28.1 Å². The van der Waals surface area contributed by atoms with Gasteiger partial charge in [0, 0.05) is 14.1 Å². The third kappa shape index (κ3) is 7.85. The van der Waals surface area contributed by atoms with Gasteiger partial charge in [-0.3, -0.25) is 4.99 Å². The Labute approximate surface area is 250 Å². The number of fused-ring (bicyclic) bond motifs is 1. The summed E-state index contributed by atoms with van der Waals surface area (Å²) >= 11 is 1.64. The Kier molecular flexibility index (Phi) is 10.5. The zero-order chi connectivity index (χ0) is 29.8. The molecular formula is C31H46N2O6SSi. The molecule has 0 amide bonds. The van der Waals surface area contributed by atoms with Gasteiger partial charge in [-0.25, -0.2) is 0 Å². The molecule has 226 valence electrons. The second-order valence-corrected chi connectivity index (χ2v) is 18.2. The maximum atomic E-state index is 6.73. The normalized spacial score (nSPS) is 24.5. The summed E-state index contributed by atoms with van der Waals surface area (Å²) in [6, 6.07) is 15.7. The number of hydrogen-bond acceptors (Lipinski definition) is 9. The van der Waals surface area contributed by atoms with Gasteiger partial charge in [0.15, 0.2) is 13.5 Å². The molecule has 2 aromatic rings. The SMILES string of the molecule is COc1ccc(COC2C(OCc3ccc(OC)cc3)[C@@H](CO[Si](C)(C)C(C)(C)C)O[C@@H]3SC(N(C)C)=N[C@H]23)cc1. The van der Waals surface area contributed by atoms with E-state index in [0.29, 0.717) is 19.8 Å². The molecule has 0 bridgehead atoms. The van der Waals surface area contributed by atoms with Crippen molar-refractivity contribution in [1.29, 1.82) is 0 Å². The van der Waals surface area contributed by atoms with Crippen LogP contribution in [0.3, 0.4) is 0 Å². The quantitative estimate of drug-likeness (QED) is 0.292. The summed E-state index contributed by atoms with van der Waals surface area (Å²) < 4.78 is 37.5. The van der Waals surface area contributed by atoms with Crippen LogP contribution in [0.25, 0.3) is 0 Å². The number of nitrogens with zero attached hydrogens (tertiary/aromatic N) is 2. The van der Waals surface area contributed by atoms with Gasteiger partial charge in [0.2, 0.25) is 0 Å². The second-order valence-electron chi connectivity index (χ2n) is 12.3. The monoisotopic (exact) mass is 602 g/mol. The summed E-state index contributed by atoms with van der Waals surface area (Å²) in [5.74, 6) is 1.63. The van der Waals surface area contributed by atoms with Crippen molar-refractivity contribution in [2.45, 2.75) is 81.9 Å². The topological polar surface area (TPSA) is 71.0 Å². The summed E-state index contributed by atoms with van der Waals surface area (Å²) in [4.78, 5) is 7.08. The van der Waals surface area contributed by atoms with Gasteiger partial charge in [-0.15, -0.1) is 0 Å². The van der Waals surface area contributed by atoms with Crippen LogP contribution in [0.2, 0.25) is 18.1 Å². The van der Waals surface area contributed by atoms with Crippen molar-refractivity contribution in [3.8, 4) is 11.5 Å². The molecule has 2 heterocycles. The minimum Gasteiger partial charge on any atom is -0.497 e. The summed E-state index contributed by atoms with van der Waals surface area (Å²) in [5, 5.41) is 1.01. The van der Waals surface area contributed by atoms with E-state index in [4.69, 9.17) is 33.1 Å². The van der Waals surface area contributed by atoms with Gasteiger partial charge in [0.25, 0.3) is 0 Å². The molecule has 41 heavy (non-hydrogen) atoms. The third-order valence-corrected chi connectivity index (χ3v) is 13.9. The maximum Gasteiger partial charge on any atom is 0.192 e. The van der Waals surface area contributed by atoms with E-state index in [1.807, 2.05) is 67.5 Å². The molecule has 5 atom stereocenters. The van der Waals surface area contributed by atoms with Crippen molar-refractivity contribution in [3.63, 3.8) is 0 Å². The summed E-state index contributed by atoms with van der Waals surface area (Å²) in [6.07, 6.45) is -1.02. The minimum absolute atomic E-state index is 0.0806. The van der Waals surface area contributed by atoms with E-state index in [1.165, 1.54) is 0 Å². The van der Waals surface area contributed by atoms with Crippen LogP contribution in [0, 0.1) is 0 Å². The van der Waals surface area contributed by atoms with Gasteiger partial charge in [0.1, 0.15) is 41.3 Å². The predicted molar refractivity (Wildman–Crippen MR) is 167 cm³/mol. The number of thioether (sulfide) groups is 1. The molecule has 1 saturated heterocycles. The van der Waals surface area contributed by atoms with Gasteiger partial charge < -0.3 is 33.0 Å². The van der Waals surface area contributed by atoms with E-state index in [0.717, 1.165) is 27.8 Å². The summed E-state index contributed by atoms with van der Waals surface area (Å²) in [6.45, 7) is 12.5. The first-order chi connectivity index (χ1) is 19.4. The Morgan fingerprint density at radius 1 is 0.854 bits per heavy atom. The van der Waals surface area contributed by atoms with E-state index in [2.05, 4.69) is 33.9 Å². The van der Waals surface area contributed by atoms with Gasteiger partial charge in [-0.2, -0.15) is 0 Å². The van der Waals surface area contributed by atoms with Crippen molar-refractivity contribution in [2.75, 3.05) is 34.9 Å². The molecule has 0 radical (unpaired) electrons. The molecule has 8 nitrogen and oxygen atoms in total. The molecule has 2 unspecified atom stereocenters. The number of methoxy groups -OCH3 is 2. The number of ether oxygens (including phenoxy) is 5. The highest BCUT2D eigenvalue weighted by Crippen LogP contribution is 2.41. The average Bonchev–Trinajstić information content (AvgIpc) is 3.38. The zero-order valence-corrected chi connectivity index (χ0v) is 27.7. The van der Waals surface area contributed by atoms with E-state index < -0.39 is 8.32 Å². The molecule has 0 aromatic heterocycles. The van der Waals surface area contributed by atoms with Crippen LogP contribution in [0.4, 0.5) is 0 Å². The molecule has 0 spiro atoms. The molecule has 0 N–H and O–H groups in total. The number of amidine groups is 1. The summed E-state index contributed by atoms with van der Waals surface area (Å²) in [5.41, 5.74) is 1.92. The largest absolute Gasteiger partial charge is 0.497 e. The Balaban J connectivity index is 1.61. The lowest BCUT2D eigenvalue weighted by Gasteiger charge is -2.44. The van der Waals surface area contributed by atoms with E-state index in [9.17, 15) is 0 Å². The first kappa shape index (κ1) is 31.8. The van der Waals surface area contributed by atoms with Crippen LogP contribution in [-0.4, -0.2) is 83.1 Å². The fourth-order valence-corrected chi connectivity index (χ4v) is 6.64. The lowest BCUT2D eigenvalue weighted by atomic mass is 9.97. The van der Waals surface area contributed by atoms with Crippen LogP contribution in [-0.2, 0) is 31.9 Å². The van der Waals surface area contributed by atoms with Crippen LogP contribution < -0.4 is 9.47 Å². The standard InChI is InChI=1S/C31H46N2O6SSi/c1-31(2,3)41(8,9)38-20-25-27(36-18-21-10-14-23(34-6)15-11-21)28(26-29(39-25)40-30(32-26)33(4)5)37-19-22-12-16-24(35-7)17-13-22/h10-17,25-29H,18-20H2,1-9H3/t25-,26-,27?,28?,29-/m1/s1. The fraction of sp³-hybridized carbons (Fsp3) is 0.581. The van der Waals surface area contributed by atoms with E-state index in [1.54, 1.807) is 26.0 Å². The molecule has 2 aromatic carbocycles. The zero-order valence-electron chi connectivity index (χ0n) is 25.9. The number of benzene rings is 2. The minimum atomic E-state index is -2.03. The number of rotatable bonds is 11. The Bertz CT molecular complexity index is 1150. The first-order valence-corrected chi connectivity index (χ1v) is 17.9. The van der Waals surface area contributed by atoms with E-state index >= 15 is 0 Å². The first-order valence-electron chi connectivity index (χ1n) is 14.1. The van der Waals surface area contributed by atoms with Gasteiger partial charge in [-0.05, 0) is 53.5 Å². The number of aliphatic imine (C=N–C) groups is 1. The molecule has 2 aliphatic rings. The van der Waals surface area contributed by atoms with Crippen LogP contribution >= 0.6 is 11.8 Å². The maximum absolute atomic E-state index is 6.73. The van der Waals surface area contributed by atoms with E-state index in [-0.39, 0.29) is 34.8 Å². The smallest absolute Gasteiger partial charge is 0.192 e. The summed E-state index contributed by atoms with van der Waals surface area (Å²) in [7, 11) is 5.32. The van der Waals surface area contributed by atoms with Crippen molar-refractivity contribution >= 4 is 25.2 Å². The third-order valence-electron chi connectivity index (χ3n) is 8.10. The van der Waals surface area contributed by atoms with Crippen molar-refractivity contribution in [3.05, 3.63) is 59.7 Å². The molecule has 2 aliphatic heterocycles. The van der Waals surface area contributed by atoms with Crippen molar-refractivity contribution in [2.24, 2.45) is 4.99 Å². The molecular weight excluding hydrogens is 557 g/mol. The highest BCUT2D eigenvalue weighted by molar-refractivity contribution is 8.14. The lowest BCUT2D eigenvalue weighted by molar-refractivity contribution is -0.204. The molecule has 1 fully saturated rings. The van der Waals surface area contributed by atoms with Gasteiger partial charge in [-0.1, -0.05) is 56.8 Å². The average molecular weight is 603 g/mol. The van der Waals surface area contributed by atoms with Crippen molar-refractivity contribution in [1.82, 2.24) is 4.90 Å². The molecule has 0 saturated carbocycles. The predicted octanol–water partition coefficient (Wildman–Crippen LogP) is 5.95.